The Labute approximate surface area is 79.9 Å². The van der Waals surface area contributed by atoms with E-state index in [-0.39, 0.29) is 11.5 Å². The summed E-state index contributed by atoms with van der Waals surface area (Å²) < 4.78 is 32.7. The molecule has 13 heavy (non-hydrogen) atoms. The number of alkyl halides is 2. The zero-order valence-electron chi connectivity index (χ0n) is 6.83. The number of halogens is 2. The summed E-state index contributed by atoms with van der Waals surface area (Å²) in [6.07, 6.45) is 0. The van der Waals surface area contributed by atoms with Crippen LogP contribution in [-0.4, -0.2) is 13.7 Å². The van der Waals surface area contributed by atoms with Crippen LogP contribution in [-0.2, 0) is 0 Å². The molecular weight excluding hydrogens is 198 g/mol. The van der Waals surface area contributed by atoms with Crippen LogP contribution in [0.15, 0.2) is 23.1 Å². The molecule has 0 bridgehead atoms. The third-order valence-corrected chi connectivity index (χ3v) is 1.64. The molecule has 0 amide bonds. The van der Waals surface area contributed by atoms with Gasteiger partial charge in [0, 0.05) is 4.90 Å². The molecule has 0 aromatic heterocycles. The molecule has 1 aromatic rings. The number of methoxy groups -OCH3 is 1. The van der Waals surface area contributed by atoms with Crippen LogP contribution in [0.25, 0.3) is 0 Å². The van der Waals surface area contributed by atoms with Gasteiger partial charge >= 0.3 is 6.61 Å². The van der Waals surface area contributed by atoms with Crippen molar-refractivity contribution in [3.63, 3.8) is 0 Å². The summed E-state index contributed by atoms with van der Waals surface area (Å²) in [5, 5.41) is 0. The van der Waals surface area contributed by atoms with Gasteiger partial charge in [-0.2, -0.15) is 8.78 Å². The van der Waals surface area contributed by atoms with Gasteiger partial charge in [0.05, 0.1) is 7.11 Å². The maximum Gasteiger partial charge on any atom is 0.387 e. The molecule has 2 nitrogen and oxygen atoms in total. The van der Waals surface area contributed by atoms with Gasteiger partial charge in [0.2, 0.25) is 0 Å². The first-order chi connectivity index (χ1) is 6.13. The molecule has 1 rings (SSSR count). The molecular formula is C8H8F2O2S. The predicted molar refractivity (Wildman–Crippen MR) is 46.9 cm³/mol. The first-order valence-electron chi connectivity index (χ1n) is 3.45. The third kappa shape index (κ3) is 2.77. The number of rotatable bonds is 3. The second kappa shape index (κ2) is 4.32. The fraction of sp³-hybridized carbons (Fsp3) is 0.250. The van der Waals surface area contributed by atoms with Crippen molar-refractivity contribution in [2.24, 2.45) is 0 Å². The monoisotopic (exact) mass is 206 g/mol. The maximum absolute atomic E-state index is 11.8. The largest absolute Gasteiger partial charge is 0.493 e. The molecule has 5 heteroatoms. The van der Waals surface area contributed by atoms with Crippen molar-refractivity contribution in [3.8, 4) is 11.5 Å². The average Bonchev–Trinajstić information content (AvgIpc) is 2.07. The van der Waals surface area contributed by atoms with Crippen molar-refractivity contribution in [2.75, 3.05) is 7.11 Å². The Balaban J connectivity index is 2.92. The SMILES string of the molecule is COc1cc(S)ccc1OC(F)F. The lowest BCUT2D eigenvalue weighted by atomic mass is 10.3. The van der Waals surface area contributed by atoms with E-state index >= 15 is 0 Å². The van der Waals surface area contributed by atoms with Crippen molar-refractivity contribution < 1.29 is 18.3 Å². The Morgan fingerprint density at radius 3 is 2.54 bits per heavy atom. The van der Waals surface area contributed by atoms with Gasteiger partial charge in [-0.05, 0) is 18.2 Å². The van der Waals surface area contributed by atoms with Gasteiger partial charge < -0.3 is 9.47 Å². The van der Waals surface area contributed by atoms with Gasteiger partial charge in [0.1, 0.15) is 0 Å². The summed E-state index contributed by atoms with van der Waals surface area (Å²) in [6, 6.07) is 4.43. The van der Waals surface area contributed by atoms with Crippen molar-refractivity contribution in [1.82, 2.24) is 0 Å². The molecule has 0 aliphatic carbocycles. The van der Waals surface area contributed by atoms with E-state index in [1.165, 1.54) is 19.2 Å². The van der Waals surface area contributed by atoms with Gasteiger partial charge in [0.15, 0.2) is 11.5 Å². The molecule has 0 radical (unpaired) electrons. The van der Waals surface area contributed by atoms with Crippen LogP contribution >= 0.6 is 12.6 Å². The first-order valence-corrected chi connectivity index (χ1v) is 3.90. The van der Waals surface area contributed by atoms with Crippen molar-refractivity contribution in [1.29, 1.82) is 0 Å². The van der Waals surface area contributed by atoms with Crippen LogP contribution in [0, 0.1) is 0 Å². The van der Waals surface area contributed by atoms with Crippen LogP contribution in [0.1, 0.15) is 0 Å². The quantitative estimate of drug-likeness (QED) is 0.766. The lowest BCUT2D eigenvalue weighted by Gasteiger charge is -2.09. The highest BCUT2D eigenvalue weighted by Gasteiger charge is 2.09. The van der Waals surface area contributed by atoms with Gasteiger partial charge in [-0.1, -0.05) is 0 Å². The summed E-state index contributed by atoms with van der Waals surface area (Å²) in [5.74, 6) is 0.253. The molecule has 0 spiro atoms. The molecule has 1 aromatic carbocycles. The number of thiol groups is 1. The van der Waals surface area contributed by atoms with Gasteiger partial charge in [0.25, 0.3) is 0 Å². The summed E-state index contributed by atoms with van der Waals surface area (Å²) in [7, 11) is 1.38. The number of benzene rings is 1. The Hall–Kier alpha value is -0.970. The Bertz CT molecular complexity index is 291. The minimum absolute atomic E-state index is 0.00954. The zero-order valence-corrected chi connectivity index (χ0v) is 7.72. The molecule has 72 valence electrons. The van der Waals surface area contributed by atoms with E-state index in [9.17, 15) is 8.78 Å². The van der Waals surface area contributed by atoms with Crippen LogP contribution in [0.2, 0.25) is 0 Å². The topological polar surface area (TPSA) is 18.5 Å². The van der Waals surface area contributed by atoms with E-state index in [1.807, 2.05) is 0 Å². The second-order valence-corrected chi connectivity index (χ2v) is 2.73. The average molecular weight is 206 g/mol. The highest BCUT2D eigenvalue weighted by molar-refractivity contribution is 7.80. The molecule has 0 saturated heterocycles. The fourth-order valence-electron chi connectivity index (χ4n) is 0.850. The number of hydrogen-bond acceptors (Lipinski definition) is 3. The Morgan fingerprint density at radius 2 is 2.00 bits per heavy atom. The Morgan fingerprint density at radius 1 is 1.31 bits per heavy atom. The predicted octanol–water partition coefficient (Wildman–Crippen LogP) is 2.59. The first kappa shape index (κ1) is 10.1. The van der Waals surface area contributed by atoms with Crippen LogP contribution in [0.3, 0.4) is 0 Å². The third-order valence-electron chi connectivity index (χ3n) is 1.36. The molecule has 0 atom stereocenters. The van der Waals surface area contributed by atoms with E-state index in [4.69, 9.17) is 4.74 Å². The lowest BCUT2D eigenvalue weighted by Crippen LogP contribution is -2.03. The summed E-state index contributed by atoms with van der Waals surface area (Å²) >= 11 is 4.02. The molecule has 0 fully saturated rings. The van der Waals surface area contributed by atoms with E-state index in [0.717, 1.165) is 0 Å². The van der Waals surface area contributed by atoms with E-state index < -0.39 is 6.61 Å². The highest BCUT2D eigenvalue weighted by atomic mass is 32.1. The normalized spacial score (nSPS) is 10.2. The molecule has 0 heterocycles. The van der Waals surface area contributed by atoms with E-state index in [1.54, 1.807) is 6.07 Å². The zero-order chi connectivity index (χ0) is 9.84. The number of hydrogen-bond donors (Lipinski definition) is 1. The number of ether oxygens (including phenoxy) is 2. The molecule has 0 unspecified atom stereocenters. The molecule has 0 N–H and O–H groups in total. The van der Waals surface area contributed by atoms with Gasteiger partial charge in [-0.15, -0.1) is 12.6 Å². The Kier molecular flexibility index (Phi) is 3.36. The molecule has 0 saturated carbocycles. The van der Waals surface area contributed by atoms with E-state index in [0.29, 0.717) is 4.90 Å². The smallest absolute Gasteiger partial charge is 0.387 e. The summed E-state index contributed by atoms with van der Waals surface area (Å²) in [5.41, 5.74) is 0. The van der Waals surface area contributed by atoms with Gasteiger partial charge in [-0.3, -0.25) is 0 Å². The van der Waals surface area contributed by atoms with Crippen LogP contribution in [0.4, 0.5) is 8.78 Å². The summed E-state index contributed by atoms with van der Waals surface area (Å²) in [6.45, 7) is -2.85. The summed E-state index contributed by atoms with van der Waals surface area (Å²) in [4.78, 5) is 0.624. The standard InChI is InChI=1S/C8H8F2O2S/c1-11-7-4-5(13)2-3-6(7)12-8(9)10/h2-4,8,13H,1H3. The minimum atomic E-state index is -2.85. The van der Waals surface area contributed by atoms with E-state index in [2.05, 4.69) is 17.4 Å². The lowest BCUT2D eigenvalue weighted by molar-refractivity contribution is -0.0512. The van der Waals surface area contributed by atoms with Crippen LogP contribution < -0.4 is 9.47 Å². The van der Waals surface area contributed by atoms with Crippen molar-refractivity contribution in [2.45, 2.75) is 11.5 Å². The van der Waals surface area contributed by atoms with Gasteiger partial charge in [-0.25, -0.2) is 0 Å². The van der Waals surface area contributed by atoms with Crippen molar-refractivity contribution >= 4 is 12.6 Å². The highest BCUT2D eigenvalue weighted by Crippen LogP contribution is 2.30. The van der Waals surface area contributed by atoms with Crippen molar-refractivity contribution in [3.05, 3.63) is 18.2 Å². The maximum atomic E-state index is 11.8. The minimum Gasteiger partial charge on any atom is -0.493 e. The fourth-order valence-corrected chi connectivity index (χ4v) is 1.04. The second-order valence-electron chi connectivity index (χ2n) is 2.21. The van der Waals surface area contributed by atoms with Crippen LogP contribution in [0.5, 0.6) is 11.5 Å². The molecule has 0 aliphatic heterocycles. The molecule has 0 aliphatic rings.